The Morgan fingerprint density at radius 1 is 1.18 bits per heavy atom. The van der Waals surface area contributed by atoms with Crippen molar-refractivity contribution in [1.82, 2.24) is 4.90 Å². The number of benzene rings is 1. The van der Waals surface area contributed by atoms with Crippen molar-refractivity contribution < 1.29 is 0 Å². The monoisotopic (exact) mass is 274 g/mol. The molecule has 2 nitrogen and oxygen atoms in total. The van der Waals surface area contributed by atoms with E-state index in [2.05, 4.69) is 35.2 Å². The second-order valence-electron chi connectivity index (χ2n) is 5.12. The van der Waals surface area contributed by atoms with Crippen LogP contribution in [0.3, 0.4) is 0 Å². The zero-order valence-corrected chi connectivity index (χ0v) is 11.5. The first kappa shape index (κ1) is 14.8. The van der Waals surface area contributed by atoms with Gasteiger partial charge in [0.05, 0.1) is 0 Å². The molecular weight excluding hydrogens is 255 g/mol. The molecule has 1 heterocycles. The molecular formula is C13H20Cl2N2. The van der Waals surface area contributed by atoms with Crippen LogP contribution in [0, 0.1) is 5.41 Å². The summed E-state index contributed by atoms with van der Waals surface area (Å²) >= 11 is 0. The van der Waals surface area contributed by atoms with E-state index in [1.807, 2.05) is 0 Å². The Morgan fingerprint density at radius 3 is 2.35 bits per heavy atom. The molecule has 4 heteroatoms. The quantitative estimate of drug-likeness (QED) is 0.898. The van der Waals surface area contributed by atoms with Gasteiger partial charge in [-0.1, -0.05) is 30.3 Å². The van der Waals surface area contributed by atoms with Crippen LogP contribution in [0.15, 0.2) is 30.3 Å². The van der Waals surface area contributed by atoms with Gasteiger partial charge >= 0.3 is 0 Å². The largest absolute Gasteiger partial charge is 0.326 e. The predicted molar refractivity (Wildman–Crippen MR) is 75.9 cm³/mol. The van der Waals surface area contributed by atoms with Gasteiger partial charge in [0.1, 0.15) is 0 Å². The van der Waals surface area contributed by atoms with Crippen molar-refractivity contribution in [2.75, 3.05) is 13.1 Å². The normalized spacial score (nSPS) is 25.1. The zero-order chi connectivity index (χ0) is 10.3. The van der Waals surface area contributed by atoms with E-state index in [-0.39, 0.29) is 24.8 Å². The average molecular weight is 275 g/mol. The van der Waals surface area contributed by atoms with Gasteiger partial charge in [-0.3, -0.25) is 4.90 Å². The molecule has 2 fully saturated rings. The van der Waals surface area contributed by atoms with Crippen LogP contribution >= 0.6 is 24.8 Å². The van der Waals surface area contributed by atoms with Gasteiger partial charge in [-0.15, -0.1) is 24.8 Å². The minimum Gasteiger partial charge on any atom is -0.326 e. The predicted octanol–water partition coefficient (Wildman–Crippen LogP) is 2.45. The minimum atomic E-state index is 0. The van der Waals surface area contributed by atoms with Crippen LogP contribution in [0.4, 0.5) is 0 Å². The maximum atomic E-state index is 6.18. The molecule has 1 aromatic rings. The van der Waals surface area contributed by atoms with E-state index in [1.165, 1.54) is 24.9 Å². The molecule has 2 N–H and O–H groups in total. The highest BCUT2D eigenvalue weighted by Crippen LogP contribution is 2.52. The summed E-state index contributed by atoms with van der Waals surface area (Å²) in [6, 6.07) is 11.1. The highest BCUT2D eigenvalue weighted by molar-refractivity contribution is 5.85. The first-order valence-electron chi connectivity index (χ1n) is 5.80. The maximum absolute atomic E-state index is 6.18. The number of likely N-dealkylation sites (tertiary alicyclic amines) is 1. The van der Waals surface area contributed by atoms with E-state index in [1.54, 1.807) is 0 Å². The number of halogens is 2. The van der Waals surface area contributed by atoms with Crippen molar-refractivity contribution >= 4 is 24.8 Å². The summed E-state index contributed by atoms with van der Waals surface area (Å²) in [5.41, 5.74) is 8.09. The molecule has 0 unspecified atom stereocenters. The van der Waals surface area contributed by atoms with Gasteiger partial charge in [0.25, 0.3) is 0 Å². The second kappa shape index (κ2) is 5.57. The Labute approximate surface area is 115 Å². The Balaban J connectivity index is 0.000000722. The molecule has 2 aliphatic rings. The SMILES string of the molecule is Cl.Cl.N[C@@H]1CN(Cc2ccccc2)CC12CC2. The van der Waals surface area contributed by atoms with Crippen LogP contribution < -0.4 is 5.73 Å². The molecule has 96 valence electrons. The molecule has 1 saturated carbocycles. The third-order valence-electron chi connectivity index (χ3n) is 3.92. The van der Waals surface area contributed by atoms with Gasteiger partial charge < -0.3 is 5.73 Å². The van der Waals surface area contributed by atoms with E-state index in [4.69, 9.17) is 5.73 Å². The van der Waals surface area contributed by atoms with Gasteiger partial charge in [0, 0.05) is 25.7 Å². The maximum Gasteiger partial charge on any atom is 0.0237 e. The molecule has 1 aliphatic carbocycles. The number of hydrogen-bond acceptors (Lipinski definition) is 2. The van der Waals surface area contributed by atoms with Gasteiger partial charge in [-0.2, -0.15) is 0 Å². The molecule has 17 heavy (non-hydrogen) atoms. The van der Waals surface area contributed by atoms with Crippen molar-refractivity contribution in [2.24, 2.45) is 11.1 Å². The molecule has 0 bridgehead atoms. The van der Waals surface area contributed by atoms with Crippen LogP contribution in [0.25, 0.3) is 0 Å². The van der Waals surface area contributed by atoms with Crippen molar-refractivity contribution in [3.05, 3.63) is 35.9 Å². The highest BCUT2D eigenvalue weighted by atomic mass is 35.5. The molecule has 1 spiro atoms. The molecule has 1 atom stereocenters. The molecule has 0 radical (unpaired) electrons. The molecule has 1 aromatic carbocycles. The Bertz CT molecular complexity index is 352. The summed E-state index contributed by atoms with van der Waals surface area (Å²) in [7, 11) is 0. The van der Waals surface area contributed by atoms with E-state index in [0.717, 1.165) is 13.1 Å². The Kier molecular flexibility index (Phi) is 4.85. The van der Waals surface area contributed by atoms with Crippen molar-refractivity contribution in [1.29, 1.82) is 0 Å². The summed E-state index contributed by atoms with van der Waals surface area (Å²) in [5.74, 6) is 0. The lowest BCUT2D eigenvalue weighted by atomic mass is 10.0. The lowest BCUT2D eigenvalue weighted by Gasteiger charge is -2.15. The van der Waals surface area contributed by atoms with Crippen LogP contribution in [0.2, 0.25) is 0 Å². The van der Waals surface area contributed by atoms with E-state index in [9.17, 15) is 0 Å². The smallest absolute Gasteiger partial charge is 0.0237 e. The summed E-state index contributed by atoms with van der Waals surface area (Å²) < 4.78 is 0. The van der Waals surface area contributed by atoms with Gasteiger partial charge in [0.2, 0.25) is 0 Å². The number of nitrogens with two attached hydrogens (primary N) is 1. The van der Waals surface area contributed by atoms with Gasteiger partial charge in [-0.25, -0.2) is 0 Å². The van der Waals surface area contributed by atoms with Crippen LogP contribution in [0.1, 0.15) is 18.4 Å². The fourth-order valence-electron chi connectivity index (χ4n) is 2.75. The lowest BCUT2D eigenvalue weighted by molar-refractivity contribution is 0.312. The summed E-state index contributed by atoms with van der Waals surface area (Å²) in [6.45, 7) is 3.36. The number of rotatable bonds is 2. The van der Waals surface area contributed by atoms with Crippen molar-refractivity contribution in [3.63, 3.8) is 0 Å². The average Bonchev–Trinajstić information content (AvgIpc) is 2.93. The summed E-state index contributed by atoms with van der Waals surface area (Å²) in [4.78, 5) is 2.51. The number of nitrogens with zero attached hydrogens (tertiary/aromatic N) is 1. The van der Waals surface area contributed by atoms with Crippen LogP contribution in [0.5, 0.6) is 0 Å². The van der Waals surface area contributed by atoms with E-state index < -0.39 is 0 Å². The fourth-order valence-corrected chi connectivity index (χ4v) is 2.75. The first-order valence-corrected chi connectivity index (χ1v) is 5.80. The topological polar surface area (TPSA) is 29.3 Å². The Hall–Kier alpha value is -0.280. The third-order valence-corrected chi connectivity index (χ3v) is 3.92. The summed E-state index contributed by atoms with van der Waals surface area (Å²) in [6.07, 6.45) is 2.69. The fraction of sp³-hybridized carbons (Fsp3) is 0.538. The van der Waals surface area contributed by atoms with Crippen LogP contribution in [-0.2, 0) is 6.54 Å². The molecule has 1 saturated heterocycles. The van der Waals surface area contributed by atoms with Gasteiger partial charge in [-0.05, 0) is 23.8 Å². The molecule has 1 aliphatic heterocycles. The van der Waals surface area contributed by atoms with Crippen molar-refractivity contribution in [3.8, 4) is 0 Å². The number of hydrogen-bond donors (Lipinski definition) is 1. The lowest BCUT2D eigenvalue weighted by Crippen LogP contribution is -2.30. The highest BCUT2D eigenvalue weighted by Gasteiger charge is 2.53. The first-order chi connectivity index (χ1) is 7.28. The summed E-state index contributed by atoms with van der Waals surface area (Å²) in [5, 5.41) is 0. The third kappa shape index (κ3) is 2.94. The standard InChI is InChI=1S/C13H18N2.2ClH/c14-12-9-15(10-13(12)6-7-13)8-11-4-2-1-3-5-11;;/h1-5,12H,6-10,14H2;2*1H/t12-;;/m1../s1. The van der Waals surface area contributed by atoms with Crippen LogP contribution in [-0.4, -0.2) is 24.0 Å². The molecule has 3 rings (SSSR count). The van der Waals surface area contributed by atoms with E-state index >= 15 is 0 Å². The minimum absolute atomic E-state index is 0. The Morgan fingerprint density at radius 2 is 1.82 bits per heavy atom. The second-order valence-corrected chi connectivity index (χ2v) is 5.12. The zero-order valence-electron chi connectivity index (χ0n) is 9.84. The van der Waals surface area contributed by atoms with Crippen molar-refractivity contribution in [2.45, 2.75) is 25.4 Å². The molecule has 0 aromatic heterocycles. The van der Waals surface area contributed by atoms with E-state index in [0.29, 0.717) is 11.5 Å². The molecule has 0 amide bonds. The van der Waals surface area contributed by atoms with Gasteiger partial charge in [0.15, 0.2) is 0 Å².